The number of hydrogen-bond donors (Lipinski definition) is 1. The van der Waals surface area contributed by atoms with Gasteiger partial charge in [0.05, 0.1) is 5.69 Å². The number of nitrogens with zero attached hydrogens (tertiary/aromatic N) is 4. The van der Waals surface area contributed by atoms with Gasteiger partial charge in [0.1, 0.15) is 5.82 Å². The summed E-state index contributed by atoms with van der Waals surface area (Å²) < 4.78 is 3.54. The van der Waals surface area contributed by atoms with Crippen LogP contribution in [0.25, 0.3) is 5.78 Å². The van der Waals surface area contributed by atoms with Crippen molar-refractivity contribution < 1.29 is 0 Å². The van der Waals surface area contributed by atoms with E-state index in [0.29, 0.717) is 18.1 Å². The van der Waals surface area contributed by atoms with Gasteiger partial charge >= 0.3 is 0 Å². The van der Waals surface area contributed by atoms with Crippen molar-refractivity contribution in [3.8, 4) is 0 Å². The van der Waals surface area contributed by atoms with Gasteiger partial charge in [-0.2, -0.15) is 9.61 Å². The molecule has 0 saturated carbocycles. The first-order valence-electron chi connectivity index (χ1n) is 4.41. The molecule has 0 unspecified atom stereocenters. The summed E-state index contributed by atoms with van der Waals surface area (Å²) in [7, 11) is 1.91. The van der Waals surface area contributed by atoms with Crippen LogP contribution in [0.15, 0.2) is 0 Å². The molecule has 2 aromatic heterocycles. The molecule has 0 aromatic carbocycles. The van der Waals surface area contributed by atoms with Gasteiger partial charge < -0.3 is 10.3 Å². The molecule has 2 rings (SSSR count). The van der Waals surface area contributed by atoms with E-state index in [4.69, 9.17) is 17.3 Å². The summed E-state index contributed by atoms with van der Waals surface area (Å²) in [6.45, 7) is 2.45. The average Bonchev–Trinajstić information content (AvgIpc) is 2.59. The van der Waals surface area contributed by atoms with Gasteiger partial charge in [0.25, 0.3) is 0 Å². The van der Waals surface area contributed by atoms with Crippen LogP contribution in [-0.2, 0) is 13.5 Å². The Hall–Kier alpha value is -1.07. The molecule has 2 aromatic rings. The first-order valence-corrected chi connectivity index (χ1v) is 4.79. The average molecular weight is 214 g/mol. The maximum atomic E-state index is 6.09. The number of hydrogen-bond acceptors (Lipinski definition) is 3. The maximum Gasteiger partial charge on any atom is 0.233 e. The second-order valence-electron chi connectivity index (χ2n) is 3.21. The summed E-state index contributed by atoms with van der Waals surface area (Å²) in [6, 6.07) is 0. The number of aromatic nitrogens is 4. The maximum absolute atomic E-state index is 6.09. The first-order chi connectivity index (χ1) is 6.65. The van der Waals surface area contributed by atoms with Crippen molar-refractivity contribution in [3.63, 3.8) is 0 Å². The minimum absolute atomic E-state index is 0.544. The standard InChI is InChI=1S/C8H12ClN5/c1-5-12-14-7(9)6(3-4-10)11-8(14)13(5)2/h3-4,10H2,1-2H3. The number of fused-ring (bicyclic) bond motifs is 1. The Labute approximate surface area is 86.5 Å². The SMILES string of the molecule is Cc1nn2c(Cl)c(CCN)nc2n1C. The topological polar surface area (TPSA) is 61.1 Å². The molecule has 0 spiro atoms. The number of nitrogens with two attached hydrogens (primary N) is 1. The third-order valence-electron chi connectivity index (χ3n) is 2.26. The third-order valence-corrected chi connectivity index (χ3v) is 2.64. The molecule has 2 N–H and O–H groups in total. The molecule has 6 heteroatoms. The van der Waals surface area contributed by atoms with Crippen LogP contribution in [0.3, 0.4) is 0 Å². The highest BCUT2D eigenvalue weighted by Crippen LogP contribution is 2.18. The monoisotopic (exact) mass is 213 g/mol. The van der Waals surface area contributed by atoms with Crippen molar-refractivity contribution in [1.82, 2.24) is 19.2 Å². The van der Waals surface area contributed by atoms with Crippen LogP contribution in [0, 0.1) is 6.92 Å². The molecule has 0 bridgehead atoms. The second kappa shape index (κ2) is 3.25. The van der Waals surface area contributed by atoms with Crippen LogP contribution in [-0.4, -0.2) is 25.7 Å². The van der Waals surface area contributed by atoms with Gasteiger partial charge in [0.2, 0.25) is 5.78 Å². The van der Waals surface area contributed by atoms with E-state index in [1.54, 1.807) is 4.52 Å². The minimum Gasteiger partial charge on any atom is -0.330 e. The summed E-state index contributed by atoms with van der Waals surface area (Å²) in [5, 5.41) is 4.82. The minimum atomic E-state index is 0.544. The molecule has 0 atom stereocenters. The van der Waals surface area contributed by atoms with Gasteiger partial charge in [-0.15, -0.1) is 0 Å². The summed E-state index contributed by atoms with van der Waals surface area (Å²) in [5.41, 5.74) is 6.27. The van der Waals surface area contributed by atoms with E-state index in [2.05, 4.69) is 10.1 Å². The molecule has 76 valence electrons. The van der Waals surface area contributed by atoms with E-state index in [9.17, 15) is 0 Å². The van der Waals surface area contributed by atoms with Crippen molar-refractivity contribution in [2.24, 2.45) is 12.8 Å². The predicted molar refractivity (Wildman–Crippen MR) is 54.5 cm³/mol. The van der Waals surface area contributed by atoms with Crippen molar-refractivity contribution in [3.05, 3.63) is 16.7 Å². The summed E-state index contributed by atoms with van der Waals surface area (Å²) in [4.78, 5) is 4.37. The fourth-order valence-corrected chi connectivity index (χ4v) is 1.63. The molecule has 0 aliphatic rings. The van der Waals surface area contributed by atoms with Gasteiger partial charge in [-0.05, 0) is 13.5 Å². The van der Waals surface area contributed by atoms with Crippen molar-refractivity contribution in [2.45, 2.75) is 13.3 Å². The molecule has 5 nitrogen and oxygen atoms in total. The summed E-state index contributed by atoms with van der Waals surface area (Å²) >= 11 is 6.09. The Bertz CT molecular complexity index is 469. The van der Waals surface area contributed by atoms with Crippen LogP contribution in [0.1, 0.15) is 11.5 Å². The van der Waals surface area contributed by atoms with Crippen LogP contribution in [0.2, 0.25) is 5.15 Å². The summed E-state index contributed by atoms with van der Waals surface area (Å²) in [5.74, 6) is 1.64. The number of rotatable bonds is 2. The van der Waals surface area contributed by atoms with Gasteiger partial charge in [0, 0.05) is 13.5 Å². The zero-order valence-electron chi connectivity index (χ0n) is 8.16. The zero-order chi connectivity index (χ0) is 10.3. The van der Waals surface area contributed by atoms with E-state index in [-0.39, 0.29) is 0 Å². The molecular formula is C8H12ClN5. The largest absolute Gasteiger partial charge is 0.330 e. The van der Waals surface area contributed by atoms with Crippen LogP contribution < -0.4 is 5.73 Å². The molecule has 0 saturated heterocycles. The Morgan fingerprint density at radius 3 is 2.79 bits per heavy atom. The number of halogens is 1. The van der Waals surface area contributed by atoms with E-state index in [0.717, 1.165) is 17.3 Å². The fourth-order valence-electron chi connectivity index (χ4n) is 1.38. The van der Waals surface area contributed by atoms with E-state index in [1.807, 2.05) is 18.5 Å². The Kier molecular flexibility index (Phi) is 2.20. The molecular weight excluding hydrogens is 202 g/mol. The fraction of sp³-hybridized carbons (Fsp3) is 0.500. The molecule has 2 heterocycles. The first kappa shape index (κ1) is 9.48. The van der Waals surface area contributed by atoms with E-state index in [1.165, 1.54) is 0 Å². The van der Waals surface area contributed by atoms with Crippen molar-refractivity contribution in [1.29, 1.82) is 0 Å². The second-order valence-corrected chi connectivity index (χ2v) is 3.56. The molecule has 0 aliphatic heterocycles. The molecule has 0 aliphatic carbocycles. The Balaban J connectivity index is 2.64. The summed E-state index contributed by atoms with van der Waals surface area (Å²) in [6.07, 6.45) is 0.682. The smallest absolute Gasteiger partial charge is 0.233 e. The molecule has 0 amide bonds. The van der Waals surface area contributed by atoms with Gasteiger partial charge in [0.15, 0.2) is 5.15 Å². The van der Waals surface area contributed by atoms with Crippen LogP contribution in [0.5, 0.6) is 0 Å². The highest BCUT2D eigenvalue weighted by atomic mass is 35.5. The van der Waals surface area contributed by atoms with Crippen LogP contribution in [0.4, 0.5) is 0 Å². The molecule has 0 fully saturated rings. The van der Waals surface area contributed by atoms with E-state index >= 15 is 0 Å². The van der Waals surface area contributed by atoms with Crippen LogP contribution >= 0.6 is 11.6 Å². The van der Waals surface area contributed by atoms with Crippen molar-refractivity contribution >= 4 is 17.4 Å². The molecule has 0 radical (unpaired) electrons. The highest BCUT2D eigenvalue weighted by Gasteiger charge is 2.14. The lowest BCUT2D eigenvalue weighted by Gasteiger charge is -1.93. The van der Waals surface area contributed by atoms with Crippen molar-refractivity contribution in [2.75, 3.05) is 6.54 Å². The Morgan fingerprint density at radius 1 is 1.50 bits per heavy atom. The highest BCUT2D eigenvalue weighted by molar-refractivity contribution is 6.30. The zero-order valence-corrected chi connectivity index (χ0v) is 8.91. The predicted octanol–water partition coefficient (Wildman–Crippen LogP) is 0.531. The van der Waals surface area contributed by atoms with Gasteiger partial charge in [-0.3, -0.25) is 0 Å². The quantitative estimate of drug-likeness (QED) is 0.792. The van der Waals surface area contributed by atoms with Gasteiger partial charge in [-0.25, -0.2) is 4.98 Å². The third kappa shape index (κ3) is 1.20. The van der Waals surface area contributed by atoms with E-state index < -0.39 is 0 Å². The number of aryl methyl sites for hydroxylation is 2. The normalized spacial score (nSPS) is 11.4. The lowest BCUT2D eigenvalue weighted by Crippen LogP contribution is -2.04. The lowest BCUT2D eigenvalue weighted by molar-refractivity contribution is 0.851. The van der Waals surface area contributed by atoms with Gasteiger partial charge in [-0.1, -0.05) is 11.6 Å². The molecule has 14 heavy (non-hydrogen) atoms. The number of imidazole rings is 1. The Morgan fingerprint density at radius 2 is 2.21 bits per heavy atom. The lowest BCUT2D eigenvalue weighted by atomic mass is 10.3.